The number of methoxy groups -OCH3 is 1. The summed E-state index contributed by atoms with van der Waals surface area (Å²) in [7, 11) is 1.62. The van der Waals surface area contributed by atoms with E-state index in [4.69, 9.17) is 9.15 Å². The quantitative estimate of drug-likeness (QED) is 0.611. The first-order valence-electron chi connectivity index (χ1n) is 6.69. The van der Waals surface area contributed by atoms with Crippen molar-refractivity contribution in [2.24, 2.45) is 0 Å². The van der Waals surface area contributed by atoms with Crippen LogP contribution in [0.15, 0.2) is 16.5 Å². The van der Waals surface area contributed by atoms with Gasteiger partial charge in [0.25, 0.3) is 0 Å². The third-order valence-corrected chi connectivity index (χ3v) is 2.93. The normalized spacial score (nSPS) is 10.6. The van der Waals surface area contributed by atoms with Crippen molar-refractivity contribution in [3.63, 3.8) is 0 Å². The Kier molecular flexibility index (Phi) is 7.11. The van der Waals surface area contributed by atoms with E-state index in [2.05, 4.69) is 0 Å². The van der Waals surface area contributed by atoms with E-state index in [0.29, 0.717) is 38.7 Å². The van der Waals surface area contributed by atoms with Gasteiger partial charge in [0.1, 0.15) is 23.1 Å². The van der Waals surface area contributed by atoms with E-state index < -0.39 is 0 Å². The Morgan fingerprint density at radius 2 is 1.79 bits per heavy atom. The molecule has 0 amide bonds. The van der Waals surface area contributed by atoms with Crippen LogP contribution in [0.5, 0.6) is 0 Å². The summed E-state index contributed by atoms with van der Waals surface area (Å²) < 4.78 is 10.3. The number of hydrogen-bond donors (Lipinski definition) is 0. The summed E-state index contributed by atoms with van der Waals surface area (Å²) in [4.78, 5) is 23.1. The van der Waals surface area contributed by atoms with Crippen LogP contribution in [0.25, 0.3) is 0 Å². The summed E-state index contributed by atoms with van der Waals surface area (Å²) in [6.45, 7) is 2.47. The van der Waals surface area contributed by atoms with E-state index in [-0.39, 0.29) is 11.6 Å². The van der Waals surface area contributed by atoms with Crippen molar-refractivity contribution in [3.05, 3.63) is 23.7 Å². The molecule has 0 fully saturated rings. The molecule has 4 nitrogen and oxygen atoms in total. The van der Waals surface area contributed by atoms with Gasteiger partial charge >= 0.3 is 0 Å². The fourth-order valence-corrected chi connectivity index (χ4v) is 1.82. The number of hydrogen-bond acceptors (Lipinski definition) is 4. The molecule has 1 aromatic heterocycles. The van der Waals surface area contributed by atoms with Gasteiger partial charge in [-0.3, -0.25) is 9.59 Å². The second-order valence-electron chi connectivity index (χ2n) is 4.69. The van der Waals surface area contributed by atoms with Crippen molar-refractivity contribution in [1.82, 2.24) is 0 Å². The monoisotopic (exact) mass is 266 g/mol. The molecule has 0 radical (unpaired) electrons. The van der Waals surface area contributed by atoms with Gasteiger partial charge in [-0.15, -0.1) is 0 Å². The summed E-state index contributed by atoms with van der Waals surface area (Å²) in [6, 6.07) is 3.78. The molecule has 0 bridgehead atoms. The van der Waals surface area contributed by atoms with Crippen molar-refractivity contribution in [1.29, 1.82) is 0 Å². The molecule has 0 atom stereocenters. The van der Waals surface area contributed by atoms with E-state index in [9.17, 15) is 9.59 Å². The van der Waals surface area contributed by atoms with Gasteiger partial charge in [0, 0.05) is 45.8 Å². The van der Waals surface area contributed by atoms with Gasteiger partial charge in [-0.05, 0) is 25.5 Å². The van der Waals surface area contributed by atoms with Crippen molar-refractivity contribution in [3.8, 4) is 0 Å². The van der Waals surface area contributed by atoms with Crippen LogP contribution in [-0.2, 0) is 20.7 Å². The summed E-state index contributed by atoms with van der Waals surface area (Å²) >= 11 is 0. The molecule has 0 aliphatic heterocycles. The Hall–Kier alpha value is -1.42. The Bertz CT molecular complexity index is 406. The fraction of sp³-hybridized carbons (Fsp3) is 0.600. The standard InChI is InChI=1S/C15H22O4/c1-12-5-9-15(19-12)10-8-14(17)7-6-13(16)4-3-11-18-2/h5,9H,3-4,6-8,10-11H2,1-2H3. The van der Waals surface area contributed by atoms with Crippen molar-refractivity contribution >= 4 is 11.6 Å². The highest BCUT2D eigenvalue weighted by atomic mass is 16.5. The third kappa shape index (κ3) is 6.91. The molecule has 0 saturated heterocycles. The van der Waals surface area contributed by atoms with Gasteiger partial charge in [0.2, 0.25) is 0 Å². The van der Waals surface area contributed by atoms with E-state index in [1.54, 1.807) is 7.11 Å². The van der Waals surface area contributed by atoms with Crippen LogP contribution in [-0.4, -0.2) is 25.3 Å². The van der Waals surface area contributed by atoms with E-state index >= 15 is 0 Å². The van der Waals surface area contributed by atoms with Crippen LogP contribution < -0.4 is 0 Å². The maximum Gasteiger partial charge on any atom is 0.133 e. The molecule has 4 heteroatoms. The Morgan fingerprint density at radius 1 is 1.11 bits per heavy atom. The van der Waals surface area contributed by atoms with Gasteiger partial charge in [-0.25, -0.2) is 0 Å². The Morgan fingerprint density at radius 3 is 2.37 bits per heavy atom. The second kappa shape index (κ2) is 8.64. The topological polar surface area (TPSA) is 56.5 Å². The van der Waals surface area contributed by atoms with Crippen LogP contribution >= 0.6 is 0 Å². The zero-order valence-corrected chi connectivity index (χ0v) is 11.7. The molecule has 0 aromatic carbocycles. The summed E-state index contributed by atoms with van der Waals surface area (Å²) in [5.74, 6) is 1.95. The summed E-state index contributed by atoms with van der Waals surface area (Å²) in [5, 5.41) is 0. The Balaban J connectivity index is 2.12. The molecular weight excluding hydrogens is 244 g/mol. The third-order valence-electron chi connectivity index (χ3n) is 2.93. The number of ether oxygens (including phenoxy) is 1. The van der Waals surface area contributed by atoms with E-state index in [1.165, 1.54) is 0 Å². The minimum Gasteiger partial charge on any atom is -0.466 e. The highest BCUT2D eigenvalue weighted by Gasteiger charge is 2.08. The molecule has 19 heavy (non-hydrogen) atoms. The maximum atomic E-state index is 11.6. The van der Waals surface area contributed by atoms with Crippen LogP contribution in [0.1, 0.15) is 43.6 Å². The highest BCUT2D eigenvalue weighted by Crippen LogP contribution is 2.10. The molecule has 1 heterocycles. The molecule has 0 spiro atoms. The highest BCUT2D eigenvalue weighted by molar-refractivity contribution is 5.86. The van der Waals surface area contributed by atoms with E-state index in [0.717, 1.165) is 17.9 Å². The minimum atomic E-state index is 0.120. The van der Waals surface area contributed by atoms with Gasteiger partial charge < -0.3 is 9.15 Å². The lowest BCUT2D eigenvalue weighted by atomic mass is 10.1. The lowest BCUT2D eigenvalue weighted by molar-refractivity contribution is -0.124. The molecule has 106 valence electrons. The maximum absolute atomic E-state index is 11.6. The minimum absolute atomic E-state index is 0.120. The number of carbonyl (C=O) groups is 2. The van der Waals surface area contributed by atoms with Gasteiger partial charge in [0.15, 0.2) is 0 Å². The molecule has 0 aliphatic rings. The number of aryl methyl sites for hydroxylation is 2. The number of carbonyl (C=O) groups excluding carboxylic acids is 2. The lowest BCUT2D eigenvalue weighted by Crippen LogP contribution is -2.06. The first kappa shape index (κ1) is 15.6. The van der Waals surface area contributed by atoms with Gasteiger partial charge in [-0.1, -0.05) is 0 Å². The number of rotatable bonds is 10. The molecule has 0 N–H and O–H groups in total. The largest absolute Gasteiger partial charge is 0.466 e. The van der Waals surface area contributed by atoms with Crippen LogP contribution in [0.4, 0.5) is 0 Å². The summed E-state index contributed by atoms with van der Waals surface area (Å²) in [5.41, 5.74) is 0. The molecular formula is C15H22O4. The molecule has 1 rings (SSSR count). The zero-order valence-electron chi connectivity index (χ0n) is 11.7. The molecule has 0 aliphatic carbocycles. The predicted molar refractivity (Wildman–Crippen MR) is 72.1 cm³/mol. The SMILES string of the molecule is COCCCC(=O)CCC(=O)CCc1ccc(C)o1. The van der Waals surface area contributed by atoms with E-state index in [1.807, 2.05) is 19.1 Å². The van der Waals surface area contributed by atoms with Crippen molar-refractivity contribution < 1.29 is 18.7 Å². The van der Waals surface area contributed by atoms with Crippen LogP contribution in [0.2, 0.25) is 0 Å². The second-order valence-corrected chi connectivity index (χ2v) is 4.69. The predicted octanol–water partition coefficient (Wildman–Crippen LogP) is 2.87. The van der Waals surface area contributed by atoms with Gasteiger partial charge in [-0.2, -0.15) is 0 Å². The molecule has 0 saturated carbocycles. The lowest BCUT2D eigenvalue weighted by Gasteiger charge is -2.01. The number of ketones is 2. The van der Waals surface area contributed by atoms with Crippen LogP contribution in [0.3, 0.4) is 0 Å². The first-order chi connectivity index (χ1) is 9.11. The summed E-state index contributed by atoms with van der Waals surface area (Å²) in [6.07, 6.45) is 2.97. The number of furan rings is 1. The number of Topliss-reactive ketones (excluding diaryl/α,β-unsaturated/α-hetero) is 2. The molecule has 1 aromatic rings. The van der Waals surface area contributed by atoms with Crippen LogP contribution in [0, 0.1) is 6.92 Å². The van der Waals surface area contributed by atoms with Gasteiger partial charge in [0.05, 0.1) is 0 Å². The smallest absolute Gasteiger partial charge is 0.133 e. The Labute approximate surface area is 114 Å². The van der Waals surface area contributed by atoms with Crippen molar-refractivity contribution in [2.75, 3.05) is 13.7 Å². The fourth-order valence-electron chi connectivity index (χ4n) is 1.82. The van der Waals surface area contributed by atoms with Crippen molar-refractivity contribution in [2.45, 2.75) is 45.4 Å². The molecule has 0 unspecified atom stereocenters. The zero-order chi connectivity index (χ0) is 14.1. The first-order valence-corrected chi connectivity index (χ1v) is 6.69. The average Bonchev–Trinajstić information content (AvgIpc) is 2.80. The average molecular weight is 266 g/mol.